The molecule has 1 fully saturated rings. The second kappa shape index (κ2) is 6.02. The fourth-order valence-corrected chi connectivity index (χ4v) is 3.22. The SMILES string of the molecule is CN(Cc1ccncc1)CC1CC(C)(C)CCC1N. The van der Waals surface area contributed by atoms with Crippen molar-refractivity contribution in [3.8, 4) is 0 Å². The molecule has 2 atom stereocenters. The Morgan fingerprint density at radius 2 is 2.05 bits per heavy atom. The molecule has 2 N–H and O–H groups in total. The van der Waals surface area contributed by atoms with E-state index in [1.165, 1.54) is 24.8 Å². The number of nitrogens with two attached hydrogens (primary N) is 1. The van der Waals surface area contributed by atoms with E-state index in [9.17, 15) is 0 Å². The van der Waals surface area contributed by atoms with Crippen LogP contribution in [0.3, 0.4) is 0 Å². The molecule has 0 aromatic carbocycles. The van der Waals surface area contributed by atoms with E-state index in [4.69, 9.17) is 5.73 Å². The third kappa shape index (κ3) is 4.29. The molecule has 19 heavy (non-hydrogen) atoms. The molecule has 106 valence electrons. The molecule has 2 rings (SSSR count). The van der Waals surface area contributed by atoms with E-state index in [0.717, 1.165) is 13.1 Å². The summed E-state index contributed by atoms with van der Waals surface area (Å²) in [7, 11) is 2.19. The first-order valence-corrected chi connectivity index (χ1v) is 7.29. The fourth-order valence-electron chi connectivity index (χ4n) is 3.22. The Morgan fingerprint density at radius 1 is 1.37 bits per heavy atom. The first kappa shape index (κ1) is 14.5. The molecule has 3 heteroatoms. The van der Waals surface area contributed by atoms with Crippen LogP contribution < -0.4 is 5.73 Å². The van der Waals surface area contributed by atoms with E-state index in [-0.39, 0.29) is 0 Å². The summed E-state index contributed by atoms with van der Waals surface area (Å²) in [5, 5.41) is 0. The van der Waals surface area contributed by atoms with Crippen LogP contribution in [-0.2, 0) is 6.54 Å². The first-order chi connectivity index (χ1) is 8.96. The van der Waals surface area contributed by atoms with Crippen LogP contribution in [0.2, 0.25) is 0 Å². The lowest BCUT2D eigenvalue weighted by Crippen LogP contribution is -2.44. The molecular weight excluding hydrogens is 234 g/mol. The average molecular weight is 261 g/mol. The van der Waals surface area contributed by atoms with Gasteiger partial charge in [-0.3, -0.25) is 4.98 Å². The van der Waals surface area contributed by atoms with Crippen molar-refractivity contribution in [1.29, 1.82) is 0 Å². The molecule has 1 heterocycles. The highest BCUT2D eigenvalue weighted by Gasteiger charge is 2.33. The van der Waals surface area contributed by atoms with Gasteiger partial charge in [-0.15, -0.1) is 0 Å². The lowest BCUT2D eigenvalue weighted by atomic mass is 9.70. The molecule has 1 aliphatic carbocycles. The number of hydrogen-bond donors (Lipinski definition) is 1. The van der Waals surface area contributed by atoms with Gasteiger partial charge in [-0.1, -0.05) is 13.8 Å². The normalized spacial score (nSPS) is 26.6. The molecule has 1 saturated carbocycles. The highest BCUT2D eigenvalue weighted by molar-refractivity contribution is 5.09. The van der Waals surface area contributed by atoms with Crippen molar-refractivity contribution < 1.29 is 0 Å². The monoisotopic (exact) mass is 261 g/mol. The van der Waals surface area contributed by atoms with E-state index in [0.29, 0.717) is 17.4 Å². The second-order valence-electron chi connectivity index (χ2n) is 6.88. The van der Waals surface area contributed by atoms with Gasteiger partial charge in [-0.2, -0.15) is 0 Å². The molecule has 0 radical (unpaired) electrons. The van der Waals surface area contributed by atoms with Crippen LogP contribution in [-0.4, -0.2) is 29.5 Å². The third-order valence-corrected chi connectivity index (χ3v) is 4.32. The molecule has 1 aromatic rings. The molecule has 2 unspecified atom stereocenters. The maximum atomic E-state index is 6.31. The third-order valence-electron chi connectivity index (χ3n) is 4.32. The van der Waals surface area contributed by atoms with Gasteiger partial charge >= 0.3 is 0 Å². The summed E-state index contributed by atoms with van der Waals surface area (Å²) in [5.41, 5.74) is 8.08. The number of nitrogens with zero attached hydrogens (tertiary/aromatic N) is 2. The first-order valence-electron chi connectivity index (χ1n) is 7.29. The quantitative estimate of drug-likeness (QED) is 0.906. The maximum absolute atomic E-state index is 6.31. The smallest absolute Gasteiger partial charge is 0.0271 e. The molecule has 1 aromatic heterocycles. The van der Waals surface area contributed by atoms with Crippen molar-refractivity contribution >= 4 is 0 Å². The zero-order chi connectivity index (χ0) is 13.9. The Bertz CT molecular complexity index is 388. The van der Waals surface area contributed by atoms with Gasteiger partial charge in [0.1, 0.15) is 0 Å². The Morgan fingerprint density at radius 3 is 2.74 bits per heavy atom. The van der Waals surface area contributed by atoms with Gasteiger partial charge in [0.05, 0.1) is 0 Å². The highest BCUT2D eigenvalue weighted by Crippen LogP contribution is 2.38. The van der Waals surface area contributed by atoms with Gasteiger partial charge in [0.15, 0.2) is 0 Å². The van der Waals surface area contributed by atoms with Crippen molar-refractivity contribution in [2.45, 2.75) is 45.7 Å². The molecule has 0 spiro atoms. The topological polar surface area (TPSA) is 42.2 Å². The summed E-state index contributed by atoms with van der Waals surface area (Å²) >= 11 is 0. The standard InChI is InChI=1S/C16H27N3/c1-16(2)7-4-15(17)14(10-16)12-19(3)11-13-5-8-18-9-6-13/h5-6,8-9,14-15H,4,7,10-12,17H2,1-3H3. The predicted octanol–water partition coefficient (Wildman–Crippen LogP) is 2.67. The molecule has 0 bridgehead atoms. The number of pyridine rings is 1. The minimum absolute atomic E-state index is 0.368. The maximum Gasteiger partial charge on any atom is 0.0271 e. The minimum atomic E-state index is 0.368. The van der Waals surface area contributed by atoms with E-state index in [1.807, 2.05) is 12.4 Å². The number of aromatic nitrogens is 1. The zero-order valence-electron chi connectivity index (χ0n) is 12.5. The minimum Gasteiger partial charge on any atom is -0.327 e. The summed E-state index contributed by atoms with van der Waals surface area (Å²) in [5.74, 6) is 0.621. The van der Waals surface area contributed by atoms with E-state index in [1.54, 1.807) is 0 Å². The van der Waals surface area contributed by atoms with Crippen LogP contribution in [0.1, 0.15) is 38.7 Å². The Hall–Kier alpha value is -0.930. The summed E-state index contributed by atoms with van der Waals surface area (Å²) < 4.78 is 0. The Balaban J connectivity index is 1.89. The van der Waals surface area contributed by atoms with Crippen LogP contribution in [0.5, 0.6) is 0 Å². The lowest BCUT2D eigenvalue weighted by Gasteiger charge is -2.40. The highest BCUT2D eigenvalue weighted by atomic mass is 15.1. The fraction of sp³-hybridized carbons (Fsp3) is 0.688. The second-order valence-corrected chi connectivity index (χ2v) is 6.88. The lowest BCUT2D eigenvalue weighted by molar-refractivity contribution is 0.122. The predicted molar refractivity (Wildman–Crippen MR) is 79.7 cm³/mol. The van der Waals surface area contributed by atoms with Crippen LogP contribution >= 0.6 is 0 Å². The molecule has 0 aliphatic heterocycles. The largest absolute Gasteiger partial charge is 0.327 e. The molecule has 1 aliphatic rings. The van der Waals surface area contributed by atoms with Crippen LogP contribution in [0.4, 0.5) is 0 Å². The summed E-state index contributed by atoms with van der Waals surface area (Å²) in [6, 6.07) is 4.54. The van der Waals surface area contributed by atoms with E-state index >= 15 is 0 Å². The average Bonchev–Trinajstić information content (AvgIpc) is 2.35. The van der Waals surface area contributed by atoms with Gasteiger partial charge < -0.3 is 10.6 Å². The van der Waals surface area contributed by atoms with E-state index < -0.39 is 0 Å². The molecule has 0 saturated heterocycles. The van der Waals surface area contributed by atoms with Gasteiger partial charge in [0.2, 0.25) is 0 Å². The summed E-state index contributed by atoms with van der Waals surface area (Å²) in [6.45, 7) is 6.81. The number of hydrogen-bond acceptors (Lipinski definition) is 3. The van der Waals surface area contributed by atoms with Crippen molar-refractivity contribution in [3.63, 3.8) is 0 Å². The summed E-state index contributed by atoms with van der Waals surface area (Å²) in [4.78, 5) is 6.45. The van der Waals surface area contributed by atoms with Gasteiger partial charge in [-0.05, 0) is 55.3 Å². The van der Waals surface area contributed by atoms with Crippen molar-refractivity contribution in [3.05, 3.63) is 30.1 Å². The van der Waals surface area contributed by atoms with Crippen LogP contribution in [0.15, 0.2) is 24.5 Å². The van der Waals surface area contributed by atoms with Crippen molar-refractivity contribution in [1.82, 2.24) is 9.88 Å². The van der Waals surface area contributed by atoms with Gasteiger partial charge in [0.25, 0.3) is 0 Å². The molecular formula is C16H27N3. The van der Waals surface area contributed by atoms with Crippen LogP contribution in [0, 0.1) is 11.3 Å². The van der Waals surface area contributed by atoms with Crippen LogP contribution in [0.25, 0.3) is 0 Å². The molecule has 0 amide bonds. The van der Waals surface area contributed by atoms with E-state index in [2.05, 4.69) is 42.9 Å². The Kier molecular flexibility index (Phi) is 4.58. The molecule has 3 nitrogen and oxygen atoms in total. The number of rotatable bonds is 4. The van der Waals surface area contributed by atoms with Crippen molar-refractivity contribution in [2.24, 2.45) is 17.1 Å². The zero-order valence-corrected chi connectivity index (χ0v) is 12.5. The van der Waals surface area contributed by atoms with Crippen molar-refractivity contribution in [2.75, 3.05) is 13.6 Å². The van der Waals surface area contributed by atoms with Gasteiger partial charge in [-0.25, -0.2) is 0 Å². The Labute approximate surface area is 117 Å². The van der Waals surface area contributed by atoms with Gasteiger partial charge in [0, 0.05) is 31.5 Å². The summed E-state index contributed by atoms with van der Waals surface area (Å²) in [6.07, 6.45) is 7.39.